The second kappa shape index (κ2) is 11.7. The van der Waals surface area contributed by atoms with Crippen LogP contribution in [0.25, 0.3) is 43.6 Å². The largest absolute Gasteiger partial charge is 0.494 e. The van der Waals surface area contributed by atoms with E-state index < -0.39 is 0 Å². The number of nitrogens with one attached hydrogen (secondary N) is 2. The molecule has 6 heteroatoms. The van der Waals surface area contributed by atoms with Gasteiger partial charge < -0.3 is 20.1 Å². The smallest absolute Gasteiger partial charge is 0.145 e. The van der Waals surface area contributed by atoms with Gasteiger partial charge in [-0.2, -0.15) is 0 Å². The van der Waals surface area contributed by atoms with E-state index >= 15 is 0 Å². The van der Waals surface area contributed by atoms with E-state index in [9.17, 15) is 0 Å². The van der Waals surface area contributed by atoms with Crippen molar-refractivity contribution in [2.75, 3.05) is 37.9 Å². The number of methoxy groups -OCH3 is 2. The number of hydrogen-bond acceptors (Lipinski definition) is 6. The van der Waals surface area contributed by atoms with Crippen LogP contribution in [-0.4, -0.2) is 37.3 Å². The van der Waals surface area contributed by atoms with Crippen LogP contribution in [0.3, 0.4) is 0 Å². The minimum Gasteiger partial charge on any atom is -0.494 e. The average Bonchev–Trinajstić information content (AvgIpc) is 3.00. The van der Waals surface area contributed by atoms with E-state index in [1.165, 1.54) is 0 Å². The number of benzene rings is 4. The highest BCUT2D eigenvalue weighted by atomic mass is 16.5. The third kappa shape index (κ3) is 4.93. The Hall–Kier alpha value is -4.58. The van der Waals surface area contributed by atoms with Crippen molar-refractivity contribution in [3.63, 3.8) is 0 Å². The predicted octanol–water partition coefficient (Wildman–Crippen LogP) is 8.19. The van der Waals surface area contributed by atoms with Gasteiger partial charge in [0.25, 0.3) is 0 Å². The summed E-state index contributed by atoms with van der Waals surface area (Å²) in [5.74, 6) is 1.60. The van der Waals surface area contributed by atoms with Crippen LogP contribution >= 0.6 is 0 Å². The first kappa shape index (κ1) is 25.7. The number of fused-ring (bicyclic) bond motifs is 4. The van der Waals surface area contributed by atoms with Gasteiger partial charge >= 0.3 is 0 Å². The first-order valence-corrected chi connectivity index (χ1v) is 14.0. The Bertz CT molecular complexity index is 1670. The number of ether oxygens (including phenoxy) is 2. The molecule has 0 atom stereocenters. The summed E-state index contributed by atoms with van der Waals surface area (Å²) < 4.78 is 11.2. The third-order valence-electron chi connectivity index (χ3n) is 7.49. The lowest BCUT2D eigenvalue weighted by Crippen LogP contribution is -2.06. The molecule has 0 bridgehead atoms. The molecule has 0 fully saturated rings. The first-order valence-electron chi connectivity index (χ1n) is 14.0. The molecule has 0 saturated carbocycles. The van der Waals surface area contributed by atoms with Gasteiger partial charge in [0.2, 0.25) is 0 Å². The molecule has 6 aromatic rings. The Kier molecular flexibility index (Phi) is 7.49. The Balaban J connectivity index is 1.08. The zero-order chi connectivity index (χ0) is 27.3. The maximum absolute atomic E-state index is 5.60. The molecule has 202 valence electrons. The summed E-state index contributed by atoms with van der Waals surface area (Å²) in [4.78, 5) is 9.75. The van der Waals surface area contributed by atoms with E-state index in [0.717, 1.165) is 105 Å². The Labute approximate surface area is 234 Å². The first-order chi connectivity index (χ1) is 19.8. The monoisotopic (exact) mass is 530 g/mol. The van der Waals surface area contributed by atoms with Crippen LogP contribution in [0.1, 0.15) is 25.7 Å². The van der Waals surface area contributed by atoms with Crippen molar-refractivity contribution in [2.24, 2.45) is 0 Å². The molecular weight excluding hydrogens is 496 g/mol. The molecule has 40 heavy (non-hydrogen) atoms. The van der Waals surface area contributed by atoms with Crippen LogP contribution in [0, 0.1) is 0 Å². The van der Waals surface area contributed by atoms with Crippen LogP contribution in [0.5, 0.6) is 11.5 Å². The lowest BCUT2D eigenvalue weighted by Gasteiger charge is -2.15. The summed E-state index contributed by atoms with van der Waals surface area (Å²) >= 11 is 0. The van der Waals surface area contributed by atoms with Gasteiger partial charge in [0, 0.05) is 34.6 Å². The molecule has 6 nitrogen and oxygen atoms in total. The Morgan fingerprint density at radius 1 is 0.500 bits per heavy atom. The van der Waals surface area contributed by atoms with Crippen LogP contribution in [-0.2, 0) is 0 Å². The SMILES string of the molecule is COc1cccc2c(NCCCCCCNc3c4ccccc4nc4c(OC)cccc34)c3ccccc3nc12. The zero-order valence-corrected chi connectivity index (χ0v) is 23.0. The molecule has 4 aromatic carbocycles. The van der Waals surface area contributed by atoms with E-state index in [2.05, 4.69) is 59.2 Å². The van der Waals surface area contributed by atoms with E-state index in [-0.39, 0.29) is 0 Å². The number of anilines is 2. The van der Waals surface area contributed by atoms with Gasteiger partial charge in [-0.3, -0.25) is 0 Å². The van der Waals surface area contributed by atoms with Gasteiger partial charge in [0.1, 0.15) is 22.5 Å². The zero-order valence-electron chi connectivity index (χ0n) is 23.0. The van der Waals surface area contributed by atoms with Crippen molar-refractivity contribution < 1.29 is 9.47 Å². The molecule has 0 aliphatic rings. The minimum absolute atomic E-state index is 0.798. The van der Waals surface area contributed by atoms with Crippen LogP contribution in [0.2, 0.25) is 0 Å². The van der Waals surface area contributed by atoms with Gasteiger partial charge in [-0.25, -0.2) is 9.97 Å². The topological polar surface area (TPSA) is 68.3 Å². The van der Waals surface area contributed by atoms with Gasteiger partial charge in [0.15, 0.2) is 0 Å². The van der Waals surface area contributed by atoms with Crippen molar-refractivity contribution in [3.05, 3.63) is 84.9 Å². The summed E-state index contributed by atoms with van der Waals surface area (Å²) in [6.45, 7) is 1.82. The molecule has 6 rings (SSSR count). The summed E-state index contributed by atoms with van der Waals surface area (Å²) in [7, 11) is 3.40. The second-order valence-electron chi connectivity index (χ2n) is 9.99. The fourth-order valence-corrected chi connectivity index (χ4v) is 5.52. The van der Waals surface area contributed by atoms with Gasteiger partial charge in [-0.15, -0.1) is 0 Å². The number of para-hydroxylation sites is 4. The highest BCUT2D eigenvalue weighted by Gasteiger charge is 2.13. The summed E-state index contributed by atoms with van der Waals surface area (Å²) in [6, 6.07) is 28.8. The standard InChI is InChI=1S/C34H34N4O2/c1-39-29-19-11-15-25-31(23-13-5-7-17-27(23)37-33(25)29)35-21-9-3-4-10-22-36-32-24-14-6-8-18-28(24)38-34-26(32)16-12-20-30(34)40-2/h5-8,11-20H,3-4,9-10,21-22H2,1-2H3,(H,35,37)(H,36,38). The molecule has 0 spiro atoms. The normalized spacial score (nSPS) is 11.3. The van der Waals surface area contributed by atoms with Gasteiger partial charge in [-0.05, 0) is 37.1 Å². The highest BCUT2D eigenvalue weighted by molar-refractivity contribution is 6.10. The van der Waals surface area contributed by atoms with E-state index in [4.69, 9.17) is 19.4 Å². The predicted molar refractivity (Wildman–Crippen MR) is 167 cm³/mol. The molecule has 0 amide bonds. The molecule has 2 aromatic heterocycles. The van der Waals surface area contributed by atoms with Crippen molar-refractivity contribution in [3.8, 4) is 11.5 Å². The Morgan fingerprint density at radius 3 is 1.38 bits per heavy atom. The molecule has 2 heterocycles. The molecule has 0 aliphatic carbocycles. The van der Waals surface area contributed by atoms with Crippen molar-refractivity contribution >= 4 is 55.0 Å². The second-order valence-corrected chi connectivity index (χ2v) is 9.99. The summed E-state index contributed by atoms with van der Waals surface area (Å²) in [6.07, 6.45) is 4.51. The number of pyridine rings is 2. The van der Waals surface area contributed by atoms with Crippen molar-refractivity contribution in [2.45, 2.75) is 25.7 Å². The van der Waals surface area contributed by atoms with Crippen LogP contribution in [0.15, 0.2) is 84.9 Å². The number of hydrogen-bond donors (Lipinski definition) is 2. The maximum atomic E-state index is 5.60. The average molecular weight is 531 g/mol. The van der Waals surface area contributed by atoms with Crippen molar-refractivity contribution in [1.82, 2.24) is 9.97 Å². The lowest BCUT2D eigenvalue weighted by molar-refractivity contribution is 0.419. The van der Waals surface area contributed by atoms with Crippen LogP contribution < -0.4 is 20.1 Å². The molecule has 0 radical (unpaired) electrons. The third-order valence-corrected chi connectivity index (χ3v) is 7.49. The number of nitrogens with zero attached hydrogens (tertiary/aromatic N) is 2. The number of rotatable bonds is 11. The Morgan fingerprint density at radius 2 is 0.925 bits per heavy atom. The van der Waals surface area contributed by atoms with Gasteiger partial charge in [-0.1, -0.05) is 73.5 Å². The minimum atomic E-state index is 0.798. The maximum Gasteiger partial charge on any atom is 0.145 e. The van der Waals surface area contributed by atoms with E-state index in [0.29, 0.717) is 0 Å². The fourth-order valence-electron chi connectivity index (χ4n) is 5.52. The van der Waals surface area contributed by atoms with Gasteiger partial charge in [0.05, 0.1) is 36.6 Å². The molecule has 2 N–H and O–H groups in total. The molecule has 0 aliphatic heterocycles. The fraction of sp³-hybridized carbons (Fsp3) is 0.235. The molecule has 0 saturated heterocycles. The molecular formula is C34H34N4O2. The number of aromatic nitrogens is 2. The summed E-state index contributed by atoms with van der Waals surface area (Å²) in [5, 5.41) is 11.9. The molecule has 0 unspecified atom stereocenters. The van der Waals surface area contributed by atoms with E-state index in [1.807, 2.05) is 36.4 Å². The quantitative estimate of drug-likeness (QED) is 0.130. The van der Waals surface area contributed by atoms with Crippen molar-refractivity contribution in [1.29, 1.82) is 0 Å². The number of unbranched alkanes of at least 4 members (excludes halogenated alkanes) is 3. The van der Waals surface area contributed by atoms with Crippen LogP contribution in [0.4, 0.5) is 11.4 Å². The highest BCUT2D eigenvalue weighted by Crippen LogP contribution is 2.36. The lowest BCUT2D eigenvalue weighted by atomic mass is 10.1. The van der Waals surface area contributed by atoms with E-state index in [1.54, 1.807) is 14.2 Å². The summed E-state index contributed by atoms with van der Waals surface area (Å²) in [5.41, 5.74) is 6.00.